The van der Waals surface area contributed by atoms with E-state index >= 15 is 0 Å². The third kappa shape index (κ3) is 15.5. The van der Waals surface area contributed by atoms with Crippen molar-refractivity contribution in [3.05, 3.63) is 90.0 Å². The molecule has 46 heavy (non-hydrogen) atoms. The quantitative estimate of drug-likeness (QED) is 0.0559. The first-order valence-corrected chi connectivity index (χ1v) is 19.9. The highest BCUT2D eigenvalue weighted by molar-refractivity contribution is 5.24. The summed E-state index contributed by atoms with van der Waals surface area (Å²) in [4.78, 5) is 0. The molecule has 2 heteroatoms. The predicted octanol–water partition coefficient (Wildman–Crippen LogP) is 13.1. The Kier molecular flexibility index (Phi) is 20.5. The molecule has 0 N–H and O–H groups in total. The number of benzene rings is 2. The second-order valence-corrected chi connectivity index (χ2v) is 14.3. The zero-order valence-electron chi connectivity index (χ0n) is 30.4. The minimum Gasteiger partial charge on any atom is -0.234 e. The minimum atomic E-state index is 0.533. The fourth-order valence-electron chi connectivity index (χ4n) is 7.32. The third-order valence-corrected chi connectivity index (χ3v) is 10.3. The SMILES string of the molecule is CCCCCCCCCCCC[n+]1ccn(C(C)CCCCCCCCCCC)c1CCC(Cc1ccccc1)c1ccccc1. The second-order valence-electron chi connectivity index (χ2n) is 14.3. The van der Waals surface area contributed by atoms with Gasteiger partial charge in [0.1, 0.15) is 12.4 Å². The summed E-state index contributed by atoms with van der Waals surface area (Å²) < 4.78 is 5.29. The molecule has 2 nitrogen and oxygen atoms in total. The van der Waals surface area contributed by atoms with Gasteiger partial charge in [0, 0.05) is 6.42 Å². The van der Waals surface area contributed by atoms with Gasteiger partial charge in [-0.2, -0.15) is 0 Å². The molecule has 0 aliphatic heterocycles. The highest BCUT2D eigenvalue weighted by Gasteiger charge is 2.23. The molecule has 0 amide bonds. The fourth-order valence-corrected chi connectivity index (χ4v) is 7.32. The average molecular weight is 628 g/mol. The Hall–Kier alpha value is -2.35. The zero-order valence-corrected chi connectivity index (χ0v) is 30.4. The van der Waals surface area contributed by atoms with Gasteiger partial charge in [0.05, 0.1) is 12.6 Å². The smallest absolute Gasteiger partial charge is 0.234 e. The van der Waals surface area contributed by atoms with Gasteiger partial charge in [0.25, 0.3) is 5.82 Å². The second kappa shape index (κ2) is 24.8. The van der Waals surface area contributed by atoms with E-state index in [0.29, 0.717) is 12.0 Å². The van der Waals surface area contributed by atoms with E-state index < -0.39 is 0 Å². The Labute approximate surface area is 285 Å². The van der Waals surface area contributed by atoms with Gasteiger partial charge >= 0.3 is 0 Å². The van der Waals surface area contributed by atoms with Crippen LogP contribution in [-0.4, -0.2) is 4.57 Å². The molecule has 2 unspecified atom stereocenters. The summed E-state index contributed by atoms with van der Waals surface area (Å²) >= 11 is 0. The molecule has 0 bridgehead atoms. The number of hydrogen-bond acceptors (Lipinski definition) is 0. The molecule has 3 aromatic rings. The maximum atomic E-state index is 2.66. The topological polar surface area (TPSA) is 8.81 Å². The molecule has 2 aromatic carbocycles. The Morgan fingerprint density at radius 1 is 0.565 bits per heavy atom. The van der Waals surface area contributed by atoms with E-state index in [1.54, 1.807) is 5.82 Å². The van der Waals surface area contributed by atoms with Gasteiger partial charge < -0.3 is 0 Å². The first-order chi connectivity index (χ1) is 22.7. The monoisotopic (exact) mass is 628 g/mol. The van der Waals surface area contributed by atoms with Crippen LogP contribution in [0.4, 0.5) is 0 Å². The summed E-state index contributed by atoms with van der Waals surface area (Å²) in [5.41, 5.74) is 2.93. The first-order valence-electron chi connectivity index (χ1n) is 19.9. The maximum absolute atomic E-state index is 2.66. The summed E-state index contributed by atoms with van der Waals surface area (Å²) in [5, 5.41) is 0. The Bertz CT molecular complexity index is 1100. The highest BCUT2D eigenvalue weighted by atomic mass is 15.2. The molecule has 0 fully saturated rings. The number of rotatable bonds is 28. The normalized spacial score (nSPS) is 12.8. The first kappa shape index (κ1) is 38.1. The largest absolute Gasteiger partial charge is 0.256 e. The van der Waals surface area contributed by atoms with Crippen molar-refractivity contribution in [1.82, 2.24) is 4.57 Å². The van der Waals surface area contributed by atoms with Gasteiger partial charge in [0.2, 0.25) is 0 Å². The van der Waals surface area contributed by atoms with Crippen molar-refractivity contribution in [3.63, 3.8) is 0 Å². The molecule has 0 radical (unpaired) electrons. The standard InChI is InChI=1S/C44H71N2/c1-4-6-8-10-12-14-16-18-20-28-36-45-37-38-46(40(3)29-23-19-17-15-13-11-9-7-5-2)44(45)35-34-43(42-32-26-22-27-33-42)39-41-30-24-21-25-31-41/h21-22,24-27,30-33,37-38,40,43H,4-20,23,28-29,34-36,39H2,1-3H3/q+1. The van der Waals surface area contributed by atoms with E-state index in [1.807, 2.05) is 0 Å². The van der Waals surface area contributed by atoms with Crippen molar-refractivity contribution >= 4 is 0 Å². The van der Waals surface area contributed by atoms with E-state index in [9.17, 15) is 0 Å². The Balaban J connectivity index is 1.57. The third-order valence-electron chi connectivity index (χ3n) is 10.3. The molecule has 1 aromatic heterocycles. The number of unbranched alkanes of at least 4 members (excludes halogenated alkanes) is 17. The summed E-state index contributed by atoms with van der Waals surface area (Å²) in [6.07, 6.45) is 36.1. The van der Waals surface area contributed by atoms with E-state index in [2.05, 4.69) is 103 Å². The van der Waals surface area contributed by atoms with Crippen LogP contribution >= 0.6 is 0 Å². The zero-order chi connectivity index (χ0) is 32.5. The van der Waals surface area contributed by atoms with Crippen molar-refractivity contribution in [2.75, 3.05) is 0 Å². The lowest BCUT2D eigenvalue weighted by molar-refractivity contribution is -0.704. The molecule has 0 saturated heterocycles. The molecular formula is C44H71N2+. The molecule has 0 aliphatic rings. The molecule has 256 valence electrons. The maximum Gasteiger partial charge on any atom is 0.256 e. The minimum absolute atomic E-state index is 0.533. The van der Waals surface area contributed by atoms with E-state index in [0.717, 1.165) is 19.4 Å². The van der Waals surface area contributed by atoms with Crippen LogP contribution in [0.25, 0.3) is 0 Å². The molecular weight excluding hydrogens is 556 g/mol. The van der Waals surface area contributed by atoms with E-state index in [-0.39, 0.29) is 0 Å². The van der Waals surface area contributed by atoms with Gasteiger partial charge in [-0.15, -0.1) is 0 Å². The lowest BCUT2D eigenvalue weighted by Crippen LogP contribution is -2.38. The van der Waals surface area contributed by atoms with Crippen LogP contribution in [0.5, 0.6) is 0 Å². The molecule has 0 saturated carbocycles. The fraction of sp³-hybridized carbons (Fsp3) is 0.659. The number of aromatic nitrogens is 2. The highest BCUT2D eigenvalue weighted by Crippen LogP contribution is 2.27. The van der Waals surface area contributed by atoms with Crippen LogP contribution < -0.4 is 4.57 Å². The number of hydrogen-bond donors (Lipinski definition) is 0. The summed E-state index contributed by atoms with van der Waals surface area (Å²) in [6, 6.07) is 23.0. The van der Waals surface area contributed by atoms with Gasteiger partial charge in [0.15, 0.2) is 0 Å². The summed E-state index contributed by atoms with van der Waals surface area (Å²) in [5.74, 6) is 2.08. The van der Waals surface area contributed by atoms with Crippen molar-refractivity contribution in [3.8, 4) is 0 Å². The van der Waals surface area contributed by atoms with Crippen molar-refractivity contribution in [2.45, 2.75) is 187 Å². The molecule has 2 atom stereocenters. The van der Waals surface area contributed by atoms with Crippen LogP contribution in [0, 0.1) is 0 Å². The van der Waals surface area contributed by atoms with Crippen LogP contribution in [0.1, 0.15) is 185 Å². The molecule has 1 heterocycles. The van der Waals surface area contributed by atoms with E-state index in [1.165, 1.54) is 146 Å². The lowest BCUT2D eigenvalue weighted by Gasteiger charge is -2.18. The van der Waals surface area contributed by atoms with Crippen molar-refractivity contribution in [2.24, 2.45) is 0 Å². The number of imidazole rings is 1. The van der Waals surface area contributed by atoms with Crippen LogP contribution in [0.3, 0.4) is 0 Å². The number of aryl methyl sites for hydroxylation is 1. The Morgan fingerprint density at radius 2 is 1.07 bits per heavy atom. The van der Waals surface area contributed by atoms with Gasteiger partial charge in [-0.05, 0) is 62.5 Å². The van der Waals surface area contributed by atoms with Gasteiger partial charge in [-0.3, -0.25) is 0 Å². The summed E-state index contributed by atoms with van der Waals surface area (Å²) in [6.45, 7) is 8.25. The summed E-state index contributed by atoms with van der Waals surface area (Å²) in [7, 11) is 0. The van der Waals surface area contributed by atoms with Crippen LogP contribution in [0.15, 0.2) is 73.1 Å². The van der Waals surface area contributed by atoms with Crippen molar-refractivity contribution < 1.29 is 4.57 Å². The average Bonchev–Trinajstić information content (AvgIpc) is 3.50. The van der Waals surface area contributed by atoms with Crippen LogP contribution in [0.2, 0.25) is 0 Å². The van der Waals surface area contributed by atoms with Crippen LogP contribution in [-0.2, 0) is 19.4 Å². The molecule has 0 spiro atoms. The predicted molar refractivity (Wildman–Crippen MR) is 201 cm³/mol. The van der Waals surface area contributed by atoms with Gasteiger partial charge in [-0.25, -0.2) is 9.13 Å². The lowest BCUT2D eigenvalue weighted by atomic mass is 9.88. The van der Waals surface area contributed by atoms with Crippen molar-refractivity contribution in [1.29, 1.82) is 0 Å². The van der Waals surface area contributed by atoms with Gasteiger partial charge in [-0.1, -0.05) is 177 Å². The number of nitrogens with zero attached hydrogens (tertiary/aromatic N) is 2. The molecule has 0 aliphatic carbocycles. The van der Waals surface area contributed by atoms with E-state index in [4.69, 9.17) is 0 Å². The Morgan fingerprint density at radius 3 is 1.63 bits per heavy atom. The molecule has 3 rings (SSSR count).